The molecule has 0 aliphatic rings. The van der Waals surface area contributed by atoms with E-state index in [0.717, 1.165) is 21.4 Å². The van der Waals surface area contributed by atoms with E-state index in [-0.39, 0.29) is 0 Å². The lowest BCUT2D eigenvalue weighted by molar-refractivity contribution is -0.904. The van der Waals surface area contributed by atoms with Gasteiger partial charge in [-0.1, -0.05) is 18.2 Å². The van der Waals surface area contributed by atoms with E-state index < -0.39 is 0 Å². The third-order valence-corrected chi connectivity index (χ3v) is 3.59. The van der Waals surface area contributed by atoms with Crippen molar-refractivity contribution in [2.75, 3.05) is 5.43 Å². The average Bonchev–Trinajstić information content (AvgIpc) is 3.09. The normalized spacial score (nSPS) is 11.2. The van der Waals surface area contributed by atoms with Crippen LogP contribution in [0.1, 0.15) is 5.56 Å². The first kappa shape index (κ1) is 14.8. The van der Waals surface area contributed by atoms with Crippen molar-refractivity contribution in [3.8, 4) is 5.69 Å². The number of benzene rings is 1. The van der Waals surface area contributed by atoms with E-state index in [1.165, 1.54) is 18.7 Å². The molecule has 4 aromatic rings. The maximum absolute atomic E-state index is 9.21. The molecule has 0 atom stereocenters. The van der Waals surface area contributed by atoms with Crippen LogP contribution in [0.25, 0.3) is 16.7 Å². The van der Waals surface area contributed by atoms with Crippen LogP contribution >= 0.6 is 0 Å². The maximum atomic E-state index is 9.21. The molecule has 2 N–H and O–H groups in total. The van der Waals surface area contributed by atoms with Gasteiger partial charge in [-0.2, -0.15) is 10.2 Å². The number of nitrogens with zero attached hydrogens (tertiary/aromatic N) is 6. The largest absolute Gasteiger partial charge is 0.285 e. The highest BCUT2D eigenvalue weighted by molar-refractivity contribution is 5.88. The summed E-state index contributed by atoms with van der Waals surface area (Å²) in [5.41, 5.74) is 5.37. The number of hydrogen-bond donors (Lipinski definition) is 2. The molecule has 1 aromatic carbocycles. The molecule has 0 fully saturated rings. The van der Waals surface area contributed by atoms with Crippen molar-refractivity contribution in [1.82, 2.24) is 19.7 Å². The zero-order chi connectivity index (χ0) is 17.1. The van der Waals surface area contributed by atoms with Crippen LogP contribution in [0.15, 0.2) is 72.5 Å². The summed E-state index contributed by atoms with van der Waals surface area (Å²) in [6, 6.07) is 13.2. The Morgan fingerprint density at radius 2 is 1.88 bits per heavy atom. The van der Waals surface area contributed by atoms with Gasteiger partial charge in [-0.15, -0.1) is 0 Å². The van der Waals surface area contributed by atoms with Crippen LogP contribution in [0.5, 0.6) is 0 Å². The number of fused-ring (bicyclic) bond motifs is 1. The highest BCUT2D eigenvalue weighted by atomic mass is 16.5. The van der Waals surface area contributed by atoms with Gasteiger partial charge in [0.05, 0.1) is 23.5 Å². The first-order chi connectivity index (χ1) is 12.3. The third-order valence-electron chi connectivity index (χ3n) is 3.59. The lowest BCUT2D eigenvalue weighted by Crippen LogP contribution is -2.27. The number of rotatable bonds is 4. The van der Waals surface area contributed by atoms with Gasteiger partial charge in [0, 0.05) is 22.4 Å². The maximum Gasteiger partial charge on any atom is 0.222 e. The Labute approximate surface area is 142 Å². The number of hydrogen-bond acceptors (Lipinski definition) is 6. The number of para-hydroxylation sites is 1. The minimum absolute atomic E-state index is 0.566. The highest BCUT2D eigenvalue weighted by Crippen LogP contribution is 2.21. The first-order valence-electron chi connectivity index (χ1n) is 7.55. The summed E-state index contributed by atoms with van der Waals surface area (Å²) in [5.74, 6) is 0.566. The highest BCUT2D eigenvalue weighted by Gasteiger charge is 2.10. The van der Waals surface area contributed by atoms with Gasteiger partial charge >= 0.3 is 0 Å². The van der Waals surface area contributed by atoms with Crippen LogP contribution in [0.2, 0.25) is 0 Å². The summed E-state index contributed by atoms with van der Waals surface area (Å²) in [4.78, 5) is 8.55. The molecule has 4 rings (SSSR count). The van der Waals surface area contributed by atoms with E-state index in [0.29, 0.717) is 11.5 Å². The van der Waals surface area contributed by atoms with E-state index in [4.69, 9.17) is 0 Å². The summed E-state index contributed by atoms with van der Waals surface area (Å²) in [6.45, 7) is 0. The molecular formula is C17H14N7O+. The number of anilines is 1. The molecule has 0 saturated carbocycles. The summed E-state index contributed by atoms with van der Waals surface area (Å²) >= 11 is 0. The Balaban J connectivity index is 1.62. The second-order valence-electron chi connectivity index (χ2n) is 5.23. The standard InChI is InChI=1S/C17H13N7O/c25-23-8-6-13(7-9-23)10-20-22-16-15-11-21-24(17(15)19-12-18-16)14-4-2-1-3-5-14/h1-12,25H/p+1. The molecule has 0 aliphatic heterocycles. The molecule has 3 heterocycles. The van der Waals surface area contributed by atoms with Gasteiger partial charge in [0.15, 0.2) is 11.5 Å². The van der Waals surface area contributed by atoms with E-state index in [1.54, 1.807) is 29.2 Å². The zero-order valence-corrected chi connectivity index (χ0v) is 13.1. The Morgan fingerprint density at radius 3 is 2.68 bits per heavy atom. The average molecular weight is 332 g/mol. The minimum atomic E-state index is 0.566. The quantitative estimate of drug-likeness (QED) is 0.257. The Kier molecular flexibility index (Phi) is 3.76. The predicted octanol–water partition coefficient (Wildman–Crippen LogP) is 1.79. The van der Waals surface area contributed by atoms with Gasteiger partial charge in [0.2, 0.25) is 12.4 Å². The van der Waals surface area contributed by atoms with Gasteiger partial charge < -0.3 is 0 Å². The Bertz CT molecular complexity index is 1030. The van der Waals surface area contributed by atoms with Crippen molar-refractivity contribution >= 4 is 23.1 Å². The Hall–Kier alpha value is -3.81. The molecule has 25 heavy (non-hydrogen) atoms. The molecule has 0 spiro atoms. The van der Waals surface area contributed by atoms with Crippen molar-refractivity contribution in [2.45, 2.75) is 0 Å². The van der Waals surface area contributed by atoms with Crippen molar-refractivity contribution in [2.24, 2.45) is 5.10 Å². The molecule has 0 unspecified atom stereocenters. The fourth-order valence-electron chi connectivity index (χ4n) is 2.38. The second kappa shape index (κ2) is 6.36. The van der Waals surface area contributed by atoms with Crippen molar-refractivity contribution in [3.63, 3.8) is 0 Å². The second-order valence-corrected chi connectivity index (χ2v) is 5.23. The fourth-order valence-corrected chi connectivity index (χ4v) is 2.38. The molecule has 0 radical (unpaired) electrons. The monoisotopic (exact) mass is 332 g/mol. The van der Waals surface area contributed by atoms with Gasteiger partial charge in [0.1, 0.15) is 6.33 Å². The molecule has 0 bridgehead atoms. The Morgan fingerprint density at radius 1 is 1.08 bits per heavy atom. The van der Waals surface area contributed by atoms with Crippen LogP contribution in [0, 0.1) is 0 Å². The molecule has 0 aliphatic carbocycles. The number of aromatic nitrogens is 5. The third kappa shape index (κ3) is 3.00. The fraction of sp³-hybridized carbons (Fsp3) is 0. The molecule has 8 heteroatoms. The van der Waals surface area contributed by atoms with E-state index in [2.05, 4.69) is 25.6 Å². The van der Waals surface area contributed by atoms with E-state index in [9.17, 15) is 5.21 Å². The lowest BCUT2D eigenvalue weighted by Gasteiger charge is -2.03. The summed E-state index contributed by atoms with van der Waals surface area (Å²) < 4.78 is 2.72. The van der Waals surface area contributed by atoms with Gasteiger partial charge in [-0.05, 0) is 12.1 Å². The number of pyridine rings is 1. The van der Waals surface area contributed by atoms with Crippen molar-refractivity contribution < 1.29 is 9.94 Å². The van der Waals surface area contributed by atoms with Crippen LogP contribution < -0.4 is 10.2 Å². The molecule has 3 aromatic heterocycles. The van der Waals surface area contributed by atoms with Gasteiger partial charge in [0.25, 0.3) is 0 Å². The number of nitrogens with one attached hydrogen (secondary N) is 1. The smallest absolute Gasteiger partial charge is 0.222 e. The topological polar surface area (TPSA) is 92.1 Å². The zero-order valence-electron chi connectivity index (χ0n) is 13.1. The minimum Gasteiger partial charge on any atom is -0.285 e. The van der Waals surface area contributed by atoms with Gasteiger partial charge in [-0.25, -0.2) is 14.6 Å². The summed E-state index contributed by atoms with van der Waals surface area (Å²) in [7, 11) is 0. The molecular weight excluding hydrogens is 318 g/mol. The summed E-state index contributed by atoms with van der Waals surface area (Å²) in [6.07, 6.45) is 7.85. The van der Waals surface area contributed by atoms with Gasteiger partial charge in [-0.3, -0.25) is 10.6 Å². The molecule has 8 nitrogen and oxygen atoms in total. The van der Waals surface area contributed by atoms with E-state index >= 15 is 0 Å². The van der Waals surface area contributed by atoms with Crippen molar-refractivity contribution in [3.05, 3.63) is 72.9 Å². The van der Waals surface area contributed by atoms with Crippen LogP contribution in [-0.4, -0.2) is 31.2 Å². The van der Waals surface area contributed by atoms with Crippen molar-refractivity contribution in [1.29, 1.82) is 0 Å². The predicted molar refractivity (Wildman–Crippen MR) is 91.7 cm³/mol. The first-order valence-corrected chi connectivity index (χ1v) is 7.55. The van der Waals surface area contributed by atoms with E-state index in [1.807, 2.05) is 30.3 Å². The summed E-state index contributed by atoms with van der Waals surface area (Å²) in [5, 5.41) is 18.5. The SMILES string of the molecule is O[n+]1ccc(C=NNc2ncnc3c2cnn3-c2ccccc2)cc1. The molecule has 122 valence electrons. The van der Waals surface area contributed by atoms with Crippen LogP contribution in [0.4, 0.5) is 5.82 Å². The lowest BCUT2D eigenvalue weighted by atomic mass is 10.3. The van der Waals surface area contributed by atoms with Crippen LogP contribution in [0.3, 0.4) is 0 Å². The molecule has 0 amide bonds. The molecule has 0 saturated heterocycles. The number of hydrazone groups is 1. The van der Waals surface area contributed by atoms with Crippen LogP contribution in [-0.2, 0) is 0 Å².